The number of ether oxygens (including phenoxy) is 2. The molecule has 6 rings (SSSR count). The number of benzene rings is 4. The van der Waals surface area contributed by atoms with Crippen molar-refractivity contribution in [3.63, 3.8) is 0 Å². The number of fused-ring (bicyclic) bond motifs is 2. The Kier molecular flexibility index (Phi) is 8.14. The molecule has 0 spiro atoms. The number of methoxy groups -OCH3 is 1. The fourth-order valence-electron chi connectivity index (χ4n) is 4.71. The van der Waals surface area contributed by atoms with Crippen molar-refractivity contribution in [2.45, 2.75) is 0 Å². The Labute approximate surface area is 263 Å². The third kappa shape index (κ3) is 5.86. The summed E-state index contributed by atoms with van der Waals surface area (Å²) in [5.41, 5.74) is -0.405. The summed E-state index contributed by atoms with van der Waals surface area (Å²) >= 11 is 6.20. The molecule has 0 aliphatic rings. The van der Waals surface area contributed by atoms with E-state index < -0.39 is 34.5 Å². The van der Waals surface area contributed by atoms with E-state index in [2.05, 4.69) is 15.4 Å². The van der Waals surface area contributed by atoms with Crippen molar-refractivity contribution in [2.24, 2.45) is 5.10 Å². The summed E-state index contributed by atoms with van der Waals surface area (Å²) in [6.45, 7) is -0.721. The zero-order valence-electron chi connectivity index (χ0n) is 23.8. The molecule has 14 heteroatoms. The zero-order valence-corrected chi connectivity index (χ0v) is 24.5. The predicted molar refractivity (Wildman–Crippen MR) is 169 cm³/mol. The van der Waals surface area contributed by atoms with E-state index in [1.165, 1.54) is 31.4 Å². The van der Waals surface area contributed by atoms with Crippen LogP contribution in [0, 0.1) is 15.9 Å². The van der Waals surface area contributed by atoms with E-state index in [1.807, 2.05) is 0 Å². The highest BCUT2D eigenvalue weighted by molar-refractivity contribution is 6.31. The summed E-state index contributed by atoms with van der Waals surface area (Å²) in [7, 11) is 1.52. The quantitative estimate of drug-likeness (QED) is 0.108. The van der Waals surface area contributed by atoms with Crippen molar-refractivity contribution < 1.29 is 28.0 Å². The lowest BCUT2D eigenvalue weighted by Gasteiger charge is -2.11. The molecule has 1 N–H and O–H groups in total. The standard InChI is InChI=1S/C32H21ClFN5O7/c1-44-26-11-6-12-27-21(26)15-28(46-27)31-37-23-9-4-2-7-20(23)32(41)38(31)35-16-18-13-19(33)14-25(39(42)43)30(18)45-17-29(40)36-24-10-5-3-8-22(24)34/h2-16H,17H2,1H3,(H,36,40). The first-order chi connectivity index (χ1) is 22.2. The summed E-state index contributed by atoms with van der Waals surface area (Å²) in [6.07, 6.45) is 1.12. The molecule has 0 bridgehead atoms. The summed E-state index contributed by atoms with van der Waals surface area (Å²) in [6, 6.07) is 21.4. The number of para-hydroxylation sites is 2. The Morgan fingerprint density at radius 3 is 2.67 bits per heavy atom. The van der Waals surface area contributed by atoms with Gasteiger partial charge in [0.05, 0.1) is 40.2 Å². The number of carbonyl (C=O) groups excluding carboxylic acids is 1. The maximum Gasteiger partial charge on any atom is 0.313 e. The van der Waals surface area contributed by atoms with Gasteiger partial charge in [0.15, 0.2) is 12.4 Å². The number of rotatable bonds is 9. The number of furan rings is 1. The number of nitro benzene ring substituents is 1. The molecule has 0 saturated heterocycles. The van der Waals surface area contributed by atoms with Crippen LogP contribution in [0.5, 0.6) is 11.5 Å². The van der Waals surface area contributed by atoms with Crippen molar-refractivity contribution in [3.05, 3.63) is 122 Å². The Morgan fingerprint density at radius 1 is 1.11 bits per heavy atom. The number of amides is 1. The number of carbonyl (C=O) groups is 1. The maximum atomic E-state index is 14.0. The number of nitrogens with zero attached hydrogens (tertiary/aromatic N) is 4. The van der Waals surface area contributed by atoms with Crippen molar-refractivity contribution in [2.75, 3.05) is 19.0 Å². The molecule has 0 atom stereocenters. The molecule has 0 fully saturated rings. The van der Waals surface area contributed by atoms with Crippen LogP contribution >= 0.6 is 11.6 Å². The Bertz CT molecular complexity index is 2250. The summed E-state index contributed by atoms with van der Waals surface area (Å²) < 4.78 is 32.0. The first kappa shape index (κ1) is 30.0. The Hall–Kier alpha value is -6.08. The van der Waals surface area contributed by atoms with Gasteiger partial charge in [-0.05, 0) is 48.5 Å². The van der Waals surface area contributed by atoms with E-state index in [9.17, 15) is 24.1 Å². The van der Waals surface area contributed by atoms with Crippen LogP contribution < -0.4 is 20.3 Å². The fraction of sp³-hybridized carbons (Fsp3) is 0.0625. The lowest BCUT2D eigenvalue weighted by atomic mass is 10.2. The predicted octanol–water partition coefficient (Wildman–Crippen LogP) is 6.42. The normalized spacial score (nSPS) is 11.3. The molecular weight excluding hydrogens is 621 g/mol. The number of anilines is 1. The second-order valence-electron chi connectivity index (χ2n) is 9.71. The summed E-state index contributed by atoms with van der Waals surface area (Å²) in [4.78, 5) is 42.1. The van der Waals surface area contributed by atoms with Crippen LogP contribution in [0.25, 0.3) is 33.5 Å². The molecule has 0 unspecified atom stereocenters. The molecule has 46 heavy (non-hydrogen) atoms. The molecule has 6 aromatic rings. The summed E-state index contributed by atoms with van der Waals surface area (Å²) in [5, 5.41) is 19.5. The lowest BCUT2D eigenvalue weighted by molar-refractivity contribution is -0.385. The van der Waals surface area contributed by atoms with Crippen LogP contribution in [-0.4, -0.2) is 40.4 Å². The molecule has 0 radical (unpaired) electrons. The molecule has 4 aromatic carbocycles. The first-order valence-electron chi connectivity index (χ1n) is 13.5. The van der Waals surface area contributed by atoms with Crippen molar-refractivity contribution >= 4 is 57.0 Å². The monoisotopic (exact) mass is 641 g/mol. The third-order valence-electron chi connectivity index (χ3n) is 6.78. The van der Waals surface area contributed by atoms with Gasteiger partial charge in [0, 0.05) is 16.7 Å². The number of halogens is 2. The van der Waals surface area contributed by atoms with Gasteiger partial charge in [-0.2, -0.15) is 9.78 Å². The molecule has 0 aliphatic heterocycles. The highest BCUT2D eigenvalue weighted by Crippen LogP contribution is 2.35. The van der Waals surface area contributed by atoms with Gasteiger partial charge in [-0.1, -0.05) is 41.9 Å². The van der Waals surface area contributed by atoms with Gasteiger partial charge >= 0.3 is 5.69 Å². The molecule has 1 amide bonds. The highest BCUT2D eigenvalue weighted by atomic mass is 35.5. The summed E-state index contributed by atoms with van der Waals surface area (Å²) in [5.74, 6) is -1.06. The van der Waals surface area contributed by atoms with E-state index in [0.717, 1.165) is 23.0 Å². The van der Waals surface area contributed by atoms with Crippen LogP contribution in [-0.2, 0) is 4.79 Å². The average molecular weight is 642 g/mol. The highest BCUT2D eigenvalue weighted by Gasteiger charge is 2.23. The minimum absolute atomic E-state index is 0.0291. The zero-order chi connectivity index (χ0) is 32.4. The van der Waals surface area contributed by atoms with Gasteiger partial charge in [-0.15, -0.1) is 0 Å². The van der Waals surface area contributed by atoms with E-state index in [1.54, 1.807) is 48.5 Å². The number of hydrogen-bond acceptors (Lipinski definition) is 9. The van der Waals surface area contributed by atoms with E-state index in [0.29, 0.717) is 22.2 Å². The van der Waals surface area contributed by atoms with Crippen LogP contribution in [0.1, 0.15) is 5.56 Å². The second-order valence-corrected chi connectivity index (χ2v) is 10.2. The van der Waals surface area contributed by atoms with Gasteiger partial charge in [0.25, 0.3) is 11.5 Å². The van der Waals surface area contributed by atoms with Crippen LogP contribution in [0.2, 0.25) is 5.02 Å². The first-order valence-corrected chi connectivity index (χ1v) is 13.9. The SMILES string of the molecule is COc1cccc2oc(-c3nc4ccccc4c(=O)n3N=Cc3cc(Cl)cc([N+](=O)[O-])c3OCC(=O)Nc3ccccc3F)cc12. The molecule has 0 aliphatic carbocycles. The molecule has 230 valence electrons. The Balaban J connectivity index is 1.43. The van der Waals surface area contributed by atoms with Crippen molar-refractivity contribution in [1.29, 1.82) is 0 Å². The lowest BCUT2D eigenvalue weighted by Crippen LogP contribution is -2.22. The molecule has 0 saturated carbocycles. The number of nitro groups is 1. The molecular formula is C32H21ClFN5O7. The van der Waals surface area contributed by atoms with Crippen LogP contribution in [0.4, 0.5) is 15.8 Å². The smallest absolute Gasteiger partial charge is 0.313 e. The fourth-order valence-corrected chi connectivity index (χ4v) is 4.93. The average Bonchev–Trinajstić information content (AvgIpc) is 3.49. The minimum Gasteiger partial charge on any atom is -0.496 e. The van der Waals surface area contributed by atoms with Gasteiger partial charge in [0.1, 0.15) is 17.1 Å². The molecule has 12 nitrogen and oxygen atoms in total. The molecule has 2 aromatic heterocycles. The van der Waals surface area contributed by atoms with Gasteiger partial charge in [-0.25, -0.2) is 9.37 Å². The van der Waals surface area contributed by atoms with E-state index >= 15 is 0 Å². The second kappa shape index (κ2) is 12.5. The van der Waals surface area contributed by atoms with Crippen molar-refractivity contribution in [1.82, 2.24) is 9.66 Å². The minimum atomic E-state index is -0.783. The Morgan fingerprint density at radius 2 is 1.89 bits per heavy atom. The number of aromatic nitrogens is 2. The van der Waals surface area contributed by atoms with E-state index in [4.69, 9.17) is 25.5 Å². The third-order valence-corrected chi connectivity index (χ3v) is 7.00. The van der Waals surface area contributed by atoms with E-state index in [-0.39, 0.29) is 39.0 Å². The largest absolute Gasteiger partial charge is 0.496 e. The van der Waals surface area contributed by atoms with Gasteiger partial charge < -0.3 is 19.2 Å². The maximum absolute atomic E-state index is 14.0. The van der Waals surface area contributed by atoms with Crippen LogP contribution in [0.3, 0.4) is 0 Å². The molecule has 2 heterocycles. The topological polar surface area (TPSA) is 151 Å². The van der Waals surface area contributed by atoms with Gasteiger partial charge in [-0.3, -0.25) is 19.7 Å². The van der Waals surface area contributed by atoms with Crippen LogP contribution in [0.15, 0.2) is 99.2 Å². The number of nitrogens with one attached hydrogen (secondary N) is 1. The number of hydrogen-bond donors (Lipinski definition) is 1. The van der Waals surface area contributed by atoms with Gasteiger partial charge in [0.2, 0.25) is 11.6 Å². The van der Waals surface area contributed by atoms with Crippen molar-refractivity contribution in [3.8, 4) is 23.1 Å².